The minimum absolute atomic E-state index is 0.186. The average Bonchev–Trinajstić information content (AvgIpc) is 2.79. The van der Waals surface area contributed by atoms with Crippen molar-refractivity contribution in [1.29, 1.82) is 0 Å². The molecule has 1 aliphatic rings. The Kier molecular flexibility index (Phi) is 5.88. The molecule has 1 fully saturated rings. The van der Waals surface area contributed by atoms with Crippen molar-refractivity contribution in [2.45, 2.75) is 37.1 Å². The summed E-state index contributed by atoms with van der Waals surface area (Å²) in [6.07, 6.45) is 4.52. The van der Waals surface area contributed by atoms with E-state index in [1.54, 1.807) is 16.4 Å². The Balaban J connectivity index is 1.61. The molecule has 4 rings (SSSR count). The lowest BCUT2D eigenvalue weighted by molar-refractivity contribution is 0.255. The number of aryl methyl sites for hydroxylation is 1. The number of pyridine rings is 1. The molecule has 3 aromatic rings. The molecule has 156 valence electrons. The molecule has 0 amide bonds. The van der Waals surface area contributed by atoms with Crippen molar-refractivity contribution in [3.05, 3.63) is 84.1 Å². The molecule has 0 radical (unpaired) electrons. The Morgan fingerprint density at radius 1 is 0.967 bits per heavy atom. The fraction of sp³-hybridized carbons (Fsp3) is 0.292. The third-order valence-corrected chi connectivity index (χ3v) is 7.65. The average molecular weight is 422 g/mol. The van der Waals surface area contributed by atoms with Crippen LogP contribution in [-0.2, 0) is 10.0 Å². The van der Waals surface area contributed by atoms with E-state index in [4.69, 9.17) is 0 Å². The number of sulfonamides is 1. The maximum absolute atomic E-state index is 13.3. The highest BCUT2D eigenvalue weighted by Gasteiger charge is 2.34. The van der Waals surface area contributed by atoms with E-state index < -0.39 is 10.0 Å². The molecule has 1 aromatic heterocycles. The summed E-state index contributed by atoms with van der Waals surface area (Å²) in [5.74, 6) is 0.828. The lowest BCUT2D eigenvalue weighted by Crippen LogP contribution is -2.38. The summed E-state index contributed by atoms with van der Waals surface area (Å²) in [5, 5.41) is 0. The highest BCUT2D eigenvalue weighted by Crippen LogP contribution is 2.36. The molecule has 0 aliphatic carbocycles. The monoisotopic (exact) mass is 421 g/mol. The van der Waals surface area contributed by atoms with Crippen molar-refractivity contribution >= 4 is 21.5 Å². The Hall–Kier alpha value is -2.70. The molecule has 0 spiro atoms. The molecule has 6 heteroatoms. The Bertz CT molecular complexity index is 1080. The normalized spacial score (nSPS) is 17.6. The van der Waals surface area contributed by atoms with Crippen LogP contribution in [0.1, 0.15) is 36.4 Å². The first-order chi connectivity index (χ1) is 14.5. The summed E-state index contributed by atoms with van der Waals surface area (Å²) in [6.45, 7) is 2.49. The maximum atomic E-state index is 13.3. The lowest BCUT2D eigenvalue weighted by Gasteiger charge is -2.35. The van der Waals surface area contributed by atoms with Crippen LogP contribution in [0.3, 0.4) is 0 Å². The van der Waals surface area contributed by atoms with Crippen molar-refractivity contribution in [2.75, 3.05) is 18.5 Å². The number of benzene rings is 2. The van der Waals surface area contributed by atoms with Crippen LogP contribution in [0.5, 0.6) is 0 Å². The zero-order valence-corrected chi connectivity index (χ0v) is 18.2. The molecule has 30 heavy (non-hydrogen) atoms. The van der Waals surface area contributed by atoms with Gasteiger partial charge in [0.15, 0.2) is 0 Å². The zero-order valence-electron chi connectivity index (χ0n) is 17.4. The second kappa shape index (κ2) is 8.58. The minimum Gasteiger partial charge on any atom is -0.329 e. The number of piperidine rings is 1. The van der Waals surface area contributed by atoms with Crippen molar-refractivity contribution in [3.63, 3.8) is 0 Å². The van der Waals surface area contributed by atoms with E-state index in [1.807, 2.05) is 79.7 Å². The lowest BCUT2D eigenvalue weighted by atomic mass is 9.99. The van der Waals surface area contributed by atoms with Crippen LogP contribution < -0.4 is 4.90 Å². The molecular formula is C24H27N3O2S. The second-order valence-electron chi connectivity index (χ2n) is 7.78. The van der Waals surface area contributed by atoms with Crippen LogP contribution in [0.15, 0.2) is 77.8 Å². The molecule has 0 saturated carbocycles. The van der Waals surface area contributed by atoms with E-state index in [0.29, 0.717) is 11.4 Å². The SMILES string of the molecule is Cc1ccc(S(=O)(=O)N2CCCCC2c2ccc(N(C)c3ccccc3)nc2)cc1. The van der Waals surface area contributed by atoms with E-state index in [-0.39, 0.29) is 6.04 Å². The summed E-state index contributed by atoms with van der Waals surface area (Å²) >= 11 is 0. The Labute approximate surface area is 179 Å². The predicted molar refractivity (Wildman–Crippen MR) is 120 cm³/mol. The molecule has 0 bridgehead atoms. The van der Waals surface area contributed by atoms with Crippen LogP contribution in [0.2, 0.25) is 0 Å². The van der Waals surface area contributed by atoms with Gasteiger partial charge in [-0.05, 0) is 55.7 Å². The number of aromatic nitrogens is 1. The molecule has 1 aliphatic heterocycles. The highest BCUT2D eigenvalue weighted by atomic mass is 32.2. The number of nitrogens with zero attached hydrogens (tertiary/aromatic N) is 3. The largest absolute Gasteiger partial charge is 0.329 e. The van der Waals surface area contributed by atoms with Crippen LogP contribution in [0.4, 0.5) is 11.5 Å². The third-order valence-electron chi connectivity index (χ3n) is 5.72. The molecule has 1 unspecified atom stereocenters. The van der Waals surface area contributed by atoms with Gasteiger partial charge >= 0.3 is 0 Å². The number of para-hydroxylation sites is 1. The fourth-order valence-corrected chi connectivity index (χ4v) is 5.63. The number of hydrogen-bond donors (Lipinski definition) is 0. The van der Waals surface area contributed by atoms with Gasteiger partial charge in [-0.15, -0.1) is 0 Å². The first-order valence-corrected chi connectivity index (χ1v) is 11.7. The standard InChI is InChI=1S/C24H27N3O2S/c1-19-11-14-22(15-12-19)30(28,29)27-17-7-6-10-23(27)20-13-16-24(25-18-20)26(2)21-8-4-3-5-9-21/h3-5,8-9,11-16,18,23H,6-7,10,17H2,1-2H3. The summed E-state index contributed by atoms with van der Waals surface area (Å²) in [7, 11) is -1.57. The van der Waals surface area contributed by atoms with Gasteiger partial charge in [0.2, 0.25) is 10.0 Å². The van der Waals surface area contributed by atoms with Gasteiger partial charge in [-0.1, -0.05) is 48.4 Å². The van der Waals surface area contributed by atoms with Crippen LogP contribution >= 0.6 is 0 Å². The topological polar surface area (TPSA) is 53.5 Å². The van der Waals surface area contributed by atoms with Gasteiger partial charge in [0.1, 0.15) is 5.82 Å². The van der Waals surface area contributed by atoms with E-state index in [1.165, 1.54) is 0 Å². The Morgan fingerprint density at radius 3 is 2.37 bits per heavy atom. The van der Waals surface area contributed by atoms with E-state index in [0.717, 1.165) is 41.9 Å². The third kappa shape index (κ3) is 4.11. The molecule has 1 saturated heterocycles. The summed E-state index contributed by atoms with van der Waals surface area (Å²) in [4.78, 5) is 7.01. The van der Waals surface area contributed by atoms with Gasteiger partial charge in [-0.2, -0.15) is 4.31 Å². The van der Waals surface area contributed by atoms with Crippen LogP contribution in [0, 0.1) is 6.92 Å². The van der Waals surface area contributed by atoms with Crippen molar-refractivity contribution in [1.82, 2.24) is 9.29 Å². The molecule has 0 N–H and O–H groups in total. The Morgan fingerprint density at radius 2 is 1.70 bits per heavy atom. The molecule has 2 aromatic carbocycles. The minimum atomic E-state index is -3.55. The maximum Gasteiger partial charge on any atom is 0.243 e. The van der Waals surface area contributed by atoms with Crippen LogP contribution in [0.25, 0.3) is 0 Å². The summed E-state index contributed by atoms with van der Waals surface area (Å²) in [5.41, 5.74) is 3.04. The molecule has 5 nitrogen and oxygen atoms in total. The molecular weight excluding hydrogens is 394 g/mol. The van der Waals surface area contributed by atoms with Crippen molar-refractivity contribution in [2.24, 2.45) is 0 Å². The van der Waals surface area contributed by atoms with Gasteiger partial charge in [0, 0.05) is 25.5 Å². The van der Waals surface area contributed by atoms with Gasteiger partial charge in [0.05, 0.1) is 10.9 Å². The summed E-state index contributed by atoms with van der Waals surface area (Å²) < 4.78 is 28.3. The van der Waals surface area contributed by atoms with Gasteiger partial charge < -0.3 is 4.90 Å². The van der Waals surface area contributed by atoms with Gasteiger partial charge in [0.25, 0.3) is 0 Å². The second-order valence-corrected chi connectivity index (χ2v) is 9.68. The fourth-order valence-electron chi connectivity index (χ4n) is 3.95. The van der Waals surface area contributed by atoms with Gasteiger partial charge in [-0.25, -0.2) is 13.4 Å². The predicted octanol–water partition coefficient (Wildman–Crippen LogP) is 5.07. The van der Waals surface area contributed by atoms with Crippen molar-refractivity contribution < 1.29 is 8.42 Å². The smallest absolute Gasteiger partial charge is 0.243 e. The van der Waals surface area contributed by atoms with E-state index >= 15 is 0 Å². The first-order valence-electron chi connectivity index (χ1n) is 10.3. The number of rotatable bonds is 5. The highest BCUT2D eigenvalue weighted by molar-refractivity contribution is 7.89. The first kappa shape index (κ1) is 20.6. The van der Waals surface area contributed by atoms with E-state index in [9.17, 15) is 8.42 Å². The number of hydrogen-bond acceptors (Lipinski definition) is 4. The van der Waals surface area contributed by atoms with Crippen molar-refractivity contribution in [3.8, 4) is 0 Å². The quantitative estimate of drug-likeness (QED) is 0.577. The molecule has 1 atom stereocenters. The van der Waals surface area contributed by atoms with E-state index in [2.05, 4.69) is 4.98 Å². The van der Waals surface area contributed by atoms with Crippen LogP contribution in [-0.4, -0.2) is 31.3 Å². The number of anilines is 2. The summed E-state index contributed by atoms with van der Waals surface area (Å²) in [6, 6.07) is 20.9. The zero-order chi connectivity index (χ0) is 21.1. The molecule has 2 heterocycles. The van der Waals surface area contributed by atoms with Gasteiger partial charge in [-0.3, -0.25) is 0 Å².